The third-order valence-electron chi connectivity index (χ3n) is 5.88. The molecule has 0 fully saturated rings. The second-order valence-corrected chi connectivity index (χ2v) is 11.7. The van der Waals surface area contributed by atoms with Crippen LogP contribution >= 0.6 is 23.2 Å². The summed E-state index contributed by atoms with van der Waals surface area (Å²) >= 11 is 12.3. The molecule has 3 aromatic rings. The van der Waals surface area contributed by atoms with Gasteiger partial charge in [0.05, 0.1) is 23.7 Å². The number of aliphatic hydroxyl groups is 1. The lowest BCUT2D eigenvalue weighted by atomic mass is 10.1. The van der Waals surface area contributed by atoms with E-state index in [0.717, 1.165) is 5.56 Å². The Hall–Kier alpha value is -3.17. The molecule has 3 aromatic carbocycles. The Morgan fingerprint density at radius 1 is 0.930 bits per heavy atom. The van der Waals surface area contributed by atoms with Crippen LogP contribution in [-0.2, 0) is 15.9 Å². The number of benzene rings is 3. The van der Waals surface area contributed by atoms with Crippen molar-refractivity contribution in [3.05, 3.63) is 86.6 Å². The molecule has 43 heavy (non-hydrogen) atoms. The van der Waals surface area contributed by atoms with E-state index in [9.17, 15) is 5.11 Å². The Bertz CT molecular complexity index is 1420. The Kier molecular flexibility index (Phi) is 13.0. The monoisotopic (exact) mass is 634 g/mol. The van der Waals surface area contributed by atoms with Crippen molar-refractivity contribution in [2.75, 3.05) is 6.61 Å². The predicted molar refractivity (Wildman–Crippen MR) is 171 cm³/mol. The van der Waals surface area contributed by atoms with Gasteiger partial charge >= 0.3 is 0 Å². The van der Waals surface area contributed by atoms with Gasteiger partial charge in [-0.2, -0.15) is 0 Å². The van der Waals surface area contributed by atoms with E-state index in [0.29, 0.717) is 40.7 Å². The van der Waals surface area contributed by atoms with Crippen LogP contribution in [0.15, 0.2) is 48.5 Å². The van der Waals surface area contributed by atoms with Gasteiger partial charge in [-0.05, 0) is 95.1 Å². The first kappa shape index (κ1) is 36.0. The fraction of sp³-hybridized carbons (Fsp3) is 0.394. The van der Waals surface area contributed by atoms with Crippen molar-refractivity contribution >= 4 is 35.0 Å². The maximum Gasteiger partial charge on any atom is 0.221 e. The second kappa shape index (κ2) is 15.5. The van der Waals surface area contributed by atoms with Gasteiger partial charge in [0.1, 0.15) is 11.5 Å². The largest absolute Gasteiger partial charge is 0.493 e. The van der Waals surface area contributed by atoms with E-state index in [2.05, 4.69) is 0 Å². The molecule has 0 heterocycles. The van der Waals surface area contributed by atoms with E-state index in [1.165, 1.54) is 12.1 Å². The first-order valence-electron chi connectivity index (χ1n) is 13.9. The molecule has 0 aromatic heterocycles. The van der Waals surface area contributed by atoms with Crippen LogP contribution in [0, 0.1) is 30.5 Å². The third-order valence-corrected chi connectivity index (χ3v) is 6.40. The molecule has 3 rings (SSSR count). The summed E-state index contributed by atoms with van der Waals surface area (Å²) in [4.78, 5) is 0. The van der Waals surface area contributed by atoms with Crippen molar-refractivity contribution in [2.24, 2.45) is 0 Å². The zero-order chi connectivity index (χ0) is 32.5. The van der Waals surface area contributed by atoms with Crippen LogP contribution in [0.5, 0.6) is 17.2 Å². The zero-order valence-electron chi connectivity index (χ0n) is 26.0. The SMILES string of the molecule is CC.Cc1cc(Cl)cc(Oc2c(Cl)ccc(CC(=N)OC(=N)c3ccc(OCCC(C)(C)OC(C)(C)O)cc3C)c2F)c1. The molecule has 0 unspecified atom stereocenters. The topological polar surface area (TPSA) is 105 Å². The molecule has 10 heteroatoms. The minimum absolute atomic E-state index is 0.0651. The summed E-state index contributed by atoms with van der Waals surface area (Å²) in [5, 5.41) is 27.0. The molecule has 0 aliphatic rings. The van der Waals surface area contributed by atoms with Crippen molar-refractivity contribution < 1.29 is 28.4 Å². The highest BCUT2D eigenvalue weighted by molar-refractivity contribution is 6.32. The normalized spacial score (nSPS) is 11.3. The molecule has 0 aliphatic heterocycles. The molecular formula is C33H41Cl2FN2O5. The van der Waals surface area contributed by atoms with Crippen LogP contribution in [0.3, 0.4) is 0 Å². The zero-order valence-corrected chi connectivity index (χ0v) is 27.5. The summed E-state index contributed by atoms with van der Waals surface area (Å²) in [6.07, 6.45) is 0.319. The quantitative estimate of drug-likeness (QED) is 0.111. The van der Waals surface area contributed by atoms with Crippen LogP contribution in [0.25, 0.3) is 0 Å². The maximum atomic E-state index is 15.3. The summed E-state index contributed by atoms with van der Waals surface area (Å²) < 4.78 is 37.9. The molecule has 0 atom stereocenters. The highest BCUT2D eigenvalue weighted by Gasteiger charge is 2.27. The van der Waals surface area contributed by atoms with Gasteiger partial charge in [-0.25, -0.2) is 4.39 Å². The van der Waals surface area contributed by atoms with Gasteiger partial charge in [0.2, 0.25) is 5.90 Å². The second-order valence-electron chi connectivity index (χ2n) is 10.8. The van der Waals surface area contributed by atoms with Crippen LogP contribution in [0.1, 0.15) is 70.2 Å². The van der Waals surface area contributed by atoms with Crippen molar-refractivity contribution in [2.45, 2.75) is 79.6 Å². The van der Waals surface area contributed by atoms with Gasteiger partial charge in [-0.15, -0.1) is 0 Å². The summed E-state index contributed by atoms with van der Waals surface area (Å²) in [6.45, 7) is 14.9. The molecule has 0 aliphatic carbocycles. The van der Waals surface area contributed by atoms with E-state index in [4.69, 9.17) is 53.0 Å². The Morgan fingerprint density at radius 3 is 2.21 bits per heavy atom. The van der Waals surface area contributed by atoms with Gasteiger partial charge in [0.15, 0.2) is 23.3 Å². The molecule has 234 valence electrons. The number of halogens is 3. The van der Waals surface area contributed by atoms with Crippen molar-refractivity contribution in [3.63, 3.8) is 0 Å². The maximum absolute atomic E-state index is 15.3. The lowest BCUT2D eigenvalue weighted by Crippen LogP contribution is -2.37. The minimum atomic E-state index is -1.25. The minimum Gasteiger partial charge on any atom is -0.493 e. The van der Waals surface area contributed by atoms with Gasteiger partial charge in [-0.3, -0.25) is 10.8 Å². The van der Waals surface area contributed by atoms with Crippen molar-refractivity contribution in [1.82, 2.24) is 0 Å². The van der Waals surface area contributed by atoms with Crippen LogP contribution in [0.4, 0.5) is 4.39 Å². The van der Waals surface area contributed by atoms with E-state index < -0.39 is 17.2 Å². The van der Waals surface area contributed by atoms with Gasteiger partial charge in [0.25, 0.3) is 0 Å². The summed E-state index contributed by atoms with van der Waals surface area (Å²) in [6, 6.07) is 13.1. The standard InChI is InChI=1S/C31H35Cl2FN2O5.C2H6/c1-18-13-21(32)17-23(14-18)39-28-25(33)10-7-20(27(28)34)16-26(35)40-29(36)24-9-8-22(15-19(24)2)38-12-11-30(3,4)41-31(5,6)37;1-2/h7-10,13-15,17,35-37H,11-12,16H2,1-6H3;1-2H3. The van der Waals surface area contributed by atoms with Gasteiger partial charge in [-0.1, -0.05) is 43.1 Å². The highest BCUT2D eigenvalue weighted by Crippen LogP contribution is 2.35. The van der Waals surface area contributed by atoms with E-state index in [1.807, 2.05) is 34.6 Å². The number of aryl methyl sites for hydroxylation is 2. The summed E-state index contributed by atoms with van der Waals surface area (Å²) in [5.74, 6) is -1.82. The molecular weight excluding hydrogens is 594 g/mol. The highest BCUT2D eigenvalue weighted by atomic mass is 35.5. The van der Waals surface area contributed by atoms with Crippen LogP contribution in [0.2, 0.25) is 10.0 Å². The third kappa shape index (κ3) is 11.4. The van der Waals surface area contributed by atoms with Crippen LogP contribution in [-0.4, -0.2) is 34.9 Å². The lowest BCUT2D eigenvalue weighted by Gasteiger charge is -2.32. The fourth-order valence-corrected chi connectivity index (χ4v) is 4.66. The number of ether oxygens (including phenoxy) is 4. The van der Waals surface area contributed by atoms with Crippen LogP contribution < -0.4 is 9.47 Å². The summed E-state index contributed by atoms with van der Waals surface area (Å²) in [7, 11) is 0. The van der Waals surface area contributed by atoms with Gasteiger partial charge < -0.3 is 24.1 Å². The number of hydrogen-bond donors (Lipinski definition) is 3. The van der Waals surface area contributed by atoms with E-state index >= 15 is 4.39 Å². The van der Waals surface area contributed by atoms with E-state index in [1.54, 1.807) is 57.2 Å². The average molecular weight is 636 g/mol. The smallest absolute Gasteiger partial charge is 0.221 e. The molecule has 0 saturated carbocycles. The van der Waals surface area contributed by atoms with Crippen molar-refractivity contribution in [1.29, 1.82) is 10.8 Å². The fourth-order valence-electron chi connectivity index (χ4n) is 4.19. The molecule has 0 spiro atoms. The first-order valence-corrected chi connectivity index (χ1v) is 14.7. The van der Waals surface area contributed by atoms with Gasteiger partial charge in [0, 0.05) is 22.6 Å². The molecule has 3 N–H and O–H groups in total. The van der Waals surface area contributed by atoms with E-state index in [-0.39, 0.29) is 34.6 Å². The summed E-state index contributed by atoms with van der Waals surface area (Å²) in [5.41, 5.74) is 1.54. The molecule has 0 radical (unpaired) electrons. The first-order chi connectivity index (χ1) is 20.0. The molecule has 7 nitrogen and oxygen atoms in total. The molecule has 0 amide bonds. The molecule has 0 bridgehead atoms. The number of nitrogens with one attached hydrogen (secondary N) is 2. The Morgan fingerprint density at radius 2 is 1.60 bits per heavy atom. The predicted octanol–water partition coefficient (Wildman–Crippen LogP) is 9.42. The Labute approximate surface area is 263 Å². The average Bonchev–Trinajstić information content (AvgIpc) is 2.87. The molecule has 0 saturated heterocycles. The Balaban J connectivity index is 0.00000316. The number of rotatable bonds is 11. The number of hydrogen-bond acceptors (Lipinski definition) is 7. The van der Waals surface area contributed by atoms with Crippen molar-refractivity contribution in [3.8, 4) is 17.2 Å². The lowest BCUT2D eigenvalue weighted by molar-refractivity contribution is -0.237.